The van der Waals surface area contributed by atoms with E-state index in [0.29, 0.717) is 5.69 Å². The number of sulfonamides is 1. The van der Waals surface area contributed by atoms with Crippen LogP contribution in [0.2, 0.25) is 0 Å². The second-order valence-electron chi connectivity index (χ2n) is 3.71. The number of anilines is 1. The van der Waals surface area contributed by atoms with Gasteiger partial charge in [0, 0.05) is 5.69 Å². The highest BCUT2D eigenvalue weighted by Gasteiger charge is 2.13. The van der Waals surface area contributed by atoms with Crippen LogP contribution in [-0.2, 0) is 10.0 Å². The van der Waals surface area contributed by atoms with E-state index in [-0.39, 0.29) is 4.90 Å². The Kier molecular flexibility index (Phi) is 3.15. The number of hydrogen-bond donors (Lipinski definition) is 1. The smallest absolute Gasteiger partial charge is 0.261 e. The molecule has 0 atom stereocenters. The third-order valence-electron chi connectivity index (χ3n) is 2.27. The van der Waals surface area contributed by atoms with Crippen molar-refractivity contribution in [2.75, 3.05) is 4.72 Å². The Morgan fingerprint density at radius 2 is 1.82 bits per heavy atom. The van der Waals surface area contributed by atoms with Crippen molar-refractivity contribution in [2.45, 2.75) is 11.8 Å². The van der Waals surface area contributed by atoms with Crippen molar-refractivity contribution in [3.05, 3.63) is 60.2 Å². The minimum Gasteiger partial charge on any atom is -0.280 e. The lowest BCUT2D eigenvalue weighted by atomic mass is 10.2. The zero-order valence-corrected chi connectivity index (χ0v) is 10.2. The summed E-state index contributed by atoms with van der Waals surface area (Å²) in [7, 11) is -3.50. The fraction of sp³-hybridized carbons (Fsp3) is 0.0769. The monoisotopic (exact) mass is 246 g/mol. The van der Waals surface area contributed by atoms with Crippen molar-refractivity contribution in [1.82, 2.24) is 0 Å². The zero-order valence-electron chi connectivity index (χ0n) is 9.34. The average molecular weight is 246 g/mol. The predicted molar refractivity (Wildman–Crippen MR) is 67.3 cm³/mol. The van der Waals surface area contributed by atoms with Gasteiger partial charge in [-0.2, -0.15) is 0 Å². The van der Waals surface area contributed by atoms with Crippen molar-refractivity contribution < 1.29 is 8.42 Å². The summed E-state index contributed by atoms with van der Waals surface area (Å²) in [5.41, 5.74) is 1.44. The van der Waals surface area contributed by atoms with Crippen LogP contribution in [0.1, 0.15) is 5.56 Å². The molecule has 0 aliphatic heterocycles. The van der Waals surface area contributed by atoms with E-state index in [0.717, 1.165) is 5.56 Å². The summed E-state index contributed by atoms with van der Waals surface area (Å²) in [6, 6.07) is 16.3. The Labute approximate surface area is 101 Å². The molecule has 17 heavy (non-hydrogen) atoms. The van der Waals surface area contributed by atoms with Crippen molar-refractivity contribution >= 4 is 15.7 Å². The molecule has 3 nitrogen and oxygen atoms in total. The molecule has 1 N–H and O–H groups in total. The molecule has 2 rings (SSSR count). The molecule has 0 spiro atoms. The van der Waals surface area contributed by atoms with Gasteiger partial charge in [0.05, 0.1) is 4.90 Å². The van der Waals surface area contributed by atoms with E-state index in [9.17, 15) is 8.42 Å². The maximum absolute atomic E-state index is 12.0. The molecule has 4 heteroatoms. The Balaban J connectivity index is 2.32. The first-order chi connectivity index (χ1) is 8.08. The van der Waals surface area contributed by atoms with Crippen LogP contribution >= 0.6 is 0 Å². The molecule has 0 saturated carbocycles. The molecule has 0 aliphatic carbocycles. The van der Waals surface area contributed by atoms with Gasteiger partial charge in [0.15, 0.2) is 0 Å². The van der Waals surface area contributed by atoms with Crippen molar-refractivity contribution in [3.63, 3.8) is 0 Å². The van der Waals surface area contributed by atoms with Gasteiger partial charge in [-0.05, 0) is 42.8 Å². The minimum atomic E-state index is -3.50. The van der Waals surface area contributed by atoms with E-state index in [1.807, 2.05) is 13.0 Å². The molecule has 0 heterocycles. The first-order valence-corrected chi connectivity index (χ1v) is 6.62. The van der Waals surface area contributed by atoms with Crippen molar-refractivity contribution in [1.29, 1.82) is 0 Å². The highest BCUT2D eigenvalue weighted by molar-refractivity contribution is 7.92. The maximum atomic E-state index is 12.0. The molecule has 2 aromatic rings. The van der Waals surface area contributed by atoms with Gasteiger partial charge < -0.3 is 0 Å². The number of aryl methyl sites for hydroxylation is 1. The van der Waals surface area contributed by atoms with Gasteiger partial charge in [-0.25, -0.2) is 8.42 Å². The van der Waals surface area contributed by atoms with Gasteiger partial charge in [0.1, 0.15) is 0 Å². The first-order valence-electron chi connectivity index (χ1n) is 5.13. The average Bonchev–Trinajstić information content (AvgIpc) is 2.30. The van der Waals surface area contributed by atoms with Gasteiger partial charge in [-0.3, -0.25) is 4.72 Å². The lowest BCUT2D eigenvalue weighted by Gasteiger charge is -2.08. The number of benzene rings is 2. The molecule has 0 aromatic heterocycles. The molecule has 1 radical (unpaired) electrons. The van der Waals surface area contributed by atoms with Crippen LogP contribution in [0.15, 0.2) is 53.4 Å². The standard InChI is InChI=1S/C13H12NO2S/c1-11-6-5-9-13(10-11)17(15,16)14-12-7-3-2-4-8-12/h3-10,14H,1H3. The van der Waals surface area contributed by atoms with Gasteiger partial charge in [-0.15, -0.1) is 0 Å². The first kappa shape index (κ1) is 11.7. The summed E-state index contributed by atoms with van der Waals surface area (Å²) in [4.78, 5) is 0.269. The summed E-state index contributed by atoms with van der Waals surface area (Å²) in [5, 5.41) is 0. The number of rotatable bonds is 3. The SMILES string of the molecule is Cc1cccc(S(=O)(=O)Nc2cc[c]cc2)c1. The van der Waals surface area contributed by atoms with Crippen LogP contribution in [0.5, 0.6) is 0 Å². The second-order valence-corrected chi connectivity index (χ2v) is 5.39. The molecular weight excluding hydrogens is 234 g/mol. The van der Waals surface area contributed by atoms with E-state index in [4.69, 9.17) is 0 Å². The summed E-state index contributed by atoms with van der Waals surface area (Å²) < 4.78 is 26.6. The fourth-order valence-corrected chi connectivity index (χ4v) is 2.61. The lowest BCUT2D eigenvalue weighted by molar-refractivity contribution is 0.601. The van der Waals surface area contributed by atoms with Crippen LogP contribution in [0.25, 0.3) is 0 Å². The van der Waals surface area contributed by atoms with E-state index in [1.165, 1.54) is 0 Å². The number of hydrogen-bond acceptors (Lipinski definition) is 2. The topological polar surface area (TPSA) is 46.2 Å². The summed E-state index contributed by atoms with van der Waals surface area (Å²) in [6.45, 7) is 1.86. The third-order valence-corrected chi connectivity index (χ3v) is 3.65. The Hall–Kier alpha value is -1.81. The van der Waals surface area contributed by atoms with E-state index in [2.05, 4.69) is 10.8 Å². The second kappa shape index (κ2) is 4.59. The molecule has 87 valence electrons. The fourth-order valence-electron chi connectivity index (χ4n) is 1.45. The quantitative estimate of drug-likeness (QED) is 0.904. The van der Waals surface area contributed by atoms with E-state index in [1.54, 1.807) is 42.5 Å². The lowest BCUT2D eigenvalue weighted by Crippen LogP contribution is -2.12. The Bertz CT molecular complexity index is 606. The normalized spacial score (nSPS) is 11.1. The van der Waals surface area contributed by atoms with E-state index < -0.39 is 10.0 Å². The summed E-state index contributed by atoms with van der Waals surface area (Å²) in [5.74, 6) is 0. The number of nitrogens with one attached hydrogen (secondary N) is 1. The molecule has 2 aromatic carbocycles. The van der Waals surface area contributed by atoms with Crippen molar-refractivity contribution in [3.8, 4) is 0 Å². The molecule has 0 unspecified atom stereocenters. The van der Waals surface area contributed by atoms with Crippen LogP contribution in [0.3, 0.4) is 0 Å². The van der Waals surface area contributed by atoms with Crippen LogP contribution in [0, 0.1) is 13.0 Å². The predicted octanol–water partition coefficient (Wildman–Crippen LogP) is 2.60. The molecular formula is C13H12NO2S. The summed E-state index contributed by atoms with van der Waals surface area (Å²) >= 11 is 0. The van der Waals surface area contributed by atoms with Crippen LogP contribution in [0.4, 0.5) is 5.69 Å². The van der Waals surface area contributed by atoms with Gasteiger partial charge in [-0.1, -0.05) is 24.3 Å². The summed E-state index contributed by atoms with van der Waals surface area (Å²) in [6.07, 6.45) is 0. The highest BCUT2D eigenvalue weighted by atomic mass is 32.2. The molecule has 0 amide bonds. The molecule has 0 aliphatic rings. The van der Waals surface area contributed by atoms with Crippen LogP contribution < -0.4 is 4.72 Å². The van der Waals surface area contributed by atoms with E-state index >= 15 is 0 Å². The molecule has 0 bridgehead atoms. The van der Waals surface area contributed by atoms with Crippen molar-refractivity contribution in [2.24, 2.45) is 0 Å². The van der Waals surface area contributed by atoms with Gasteiger partial charge in [0.2, 0.25) is 0 Å². The van der Waals surface area contributed by atoms with Gasteiger partial charge >= 0.3 is 0 Å². The van der Waals surface area contributed by atoms with Gasteiger partial charge in [0.25, 0.3) is 10.0 Å². The molecule has 0 fully saturated rings. The minimum absolute atomic E-state index is 0.269. The van der Waals surface area contributed by atoms with Crippen LogP contribution in [-0.4, -0.2) is 8.42 Å². The maximum Gasteiger partial charge on any atom is 0.261 e. The Morgan fingerprint density at radius 1 is 1.12 bits per heavy atom. The third kappa shape index (κ3) is 2.85. The molecule has 0 saturated heterocycles. The zero-order chi connectivity index (χ0) is 12.3. The largest absolute Gasteiger partial charge is 0.280 e. The highest BCUT2D eigenvalue weighted by Crippen LogP contribution is 2.16. The Morgan fingerprint density at radius 3 is 2.47 bits per heavy atom.